The van der Waals surface area contributed by atoms with Crippen LogP contribution in [0.25, 0.3) is 0 Å². The third kappa shape index (κ3) is 2.64. The molecule has 0 aromatic carbocycles. The van der Waals surface area contributed by atoms with Gasteiger partial charge in [0.15, 0.2) is 5.82 Å². The lowest BCUT2D eigenvalue weighted by Crippen LogP contribution is -2.40. The highest BCUT2D eigenvalue weighted by molar-refractivity contribution is 5.75. The van der Waals surface area contributed by atoms with Gasteiger partial charge in [-0.25, -0.2) is 4.79 Å². The highest BCUT2D eigenvalue weighted by Crippen LogP contribution is 2.37. The molecule has 20 heavy (non-hydrogen) atoms. The van der Waals surface area contributed by atoms with Crippen molar-refractivity contribution in [2.45, 2.75) is 45.6 Å². The topological polar surface area (TPSA) is 71.3 Å². The molecule has 1 N–H and O–H groups in total. The average Bonchev–Trinajstić information content (AvgIpc) is 2.83. The molecule has 1 unspecified atom stereocenters. The predicted octanol–water partition coefficient (Wildman–Crippen LogP) is 1.92. The molecular formula is C14H22N4O2. The molecule has 1 aliphatic heterocycles. The molecule has 110 valence electrons. The maximum Gasteiger partial charge on any atom is 0.317 e. The molecule has 0 radical (unpaired) electrons. The number of likely N-dealkylation sites (tertiary alicyclic amines) is 1. The molecule has 6 heteroatoms. The van der Waals surface area contributed by atoms with E-state index in [1.165, 1.54) is 0 Å². The lowest BCUT2D eigenvalue weighted by atomic mass is 10.1. The summed E-state index contributed by atoms with van der Waals surface area (Å²) in [5, 5.41) is 6.94. The van der Waals surface area contributed by atoms with E-state index < -0.39 is 0 Å². The Morgan fingerprint density at radius 1 is 1.50 bits per heavy atom. The first kappa shape index (κ1) is 13.4. The molecule has 0 bridgehead atoms. The van der Waals surface area contributed by atoms with Gasteiger partial charge in [0.1, 0.15) is 0 Å². The standard InChI is InChI=1S/C14H22N4O2/c1-8(2)11-6-12(11)16-14(19)18-5-4-10(7-18)13-15-9(3)17-20-13/h8,10-12H,4-7H2,1-3H3,(H,16,19)/t10?,11-,12+/m0/s1. The van der Waals surface area contributed by atoms with Crippen molar-refractivity contribution >= 4 is 6.03 Å². The fourth-order valence-electron chi connectivity index (χ4n) is 2.99. The Labute approximate surface area is 118 Å². The molecule has 1 saturated carbocycles. The van der Waals surface area contributed by atoms with E-state index in [1.54, 1.807) is 0 Å². The third-order valence-corrected chi connectivity index (χ3v) is 4.37. The van der Waals surface area contributed by atoms with Crippen molar-refractivity contribution in [3.8, 4) is 0 Å². The van der Waals surface area contributed by atoms with Crippen molar-refractivity contribution in [2.24, 2.45) is 11.8 Å². The van der Waals surface area contributed by atoms with Crippen LogP contribution in [0.3, 0.4) is 0 Å². The predicted molar refractivity (Wildman–Crippen MR) is 73.2 cm³/mol. The van der Waals surface area contributed by atoms with Gasteiger partial charge in [0, 0.05) is 19.1 Å². The first-order chi connectivity index (χ1) is 9.54. The maximum absolute atomic E-state index is 12.2. The summed E-state index contributed by atoms with van der Waals surface area (Å²) in [4.78, 5) is 18.3. The Bertz CT molecular complexity index is 499. The van der Waals surface area contributed by atoms with Gasteiger partial charge in [-0.05, 0) is 31.6 Å². The Hall–Kier alpha value is -1.59. The highest BCUT2D eigenvalue weighted by atomic mass is 16.5. The van der Waals surface area contributed by atoms with Crippen LogP contribution in [-0.2, 0) is 0 Å². The number of aromatic nitrogens is 2. The van der Waals surface area contributed by atoms with Crippen LogP contribution in [0.4, 0.5) is 4.79 Å². The first-order valence-corrected chi connectivity index (χ1v) is 7.40. The monoisotopic (exact) mass is 278 g/mol. The Morgan fingerprint density at radius 2 is 2.30 bits per heavy atom. The third-order valence-electron chi connectivity index (χ3n) is 4.37. The molecule has 1 aliphatic carbocycles. The Kier molecular flexibility index (Phi) is 3.40. The van der Waals surface area contributed by atoms with E-state index in [0.29, 0.717) is 36.1 Å². The summed E-state index contributed by atoms with van der Waals surface area (Å²) in [5.74, 6) is 2.79. The quantitative estimate of drug-likeness (QED) is 0.917. The van der Waals surface area contributed by atoms with Crippen molar-refractivity contribution in [3.63, 3.8) is 0 Å². The number of nitrogens with zero attached hydrogens (tertiary/aromatic N) is 3. The van der Waals surface area contributed by atoms with Gasteiger partial charge in [-0.2, -0.15) is 4.98 Å². The second-order valence-corrected chi connectivity index (χ2v) is 6.31. The molecule has 0 spiro atoms. The molecule has 3 atom stereocenters. The lowest BCUT2D eigenvalue weighted by molar-refractivity contribution is 0.206. The fourth-order valence-corrected chi connectivity index (χ4v) is 2.99. The number of carbonyl (C=O) groups is 1. The van der Waals surface area contributed by atoms with E-state index in [2.05, 4.69) is 29.3 Å². The summed E-state index contributed by atoms with van der Waals surface area (Å²) >= 11 is 0. The van der Waals surface area contributed by atoms with E-state index in [1.807, 2.05) is 11.8 Å². The van der Waals surface area contributed by atoms with Crippen LogP contribution in [0.1, 0.15) is 44.3 Å². The van der Waals surface area contributed by atoms with Gasteiger partial charge in [-0.15, -0.1) is 0 Å². The molecule has 2 heterocycles. The molecule has 6 nitrogen and oxygen atoms in total. The molecular weight excluding hydrogens is 256 g/mol. The number of amides is 2. The summed E-state index contributed by atoms with van der Waals surface area (Å²) in [6, 6.07) is 0.420. The smallest absolute Gasteiger partial charge is 0.317 e. The fraction of sp³-hybridized carbons (Fsp3) is 0.786. The number of nitrogens with one attached hydrogen (secondary N) is 1. The normalized spacial score (nSPS) is 29.0. The van der Waals surface area contributed by atoms with Gasteiger partial charge in [0.05, 0.1) is 5.92 Å². The van der Waals surface area contributed by atoms with E-state index in [9.17, 15) is 4.79 Å². The van der Waals surface area contributed by atoms with Gasteiger partial charge >= 0.3 is 6.03 Å². The summed E-state index contributed by atoms with van der Waals surface area (Å²) in [6.07, 6.45) is 2.01. The summed E-state index contributed by atoms with van der Waals surface area (Å²) in [6.45, 7) is 7.66. The number of aryl methyl sites for hydroxylation is 1. The van der Waals surface area contributed by atoms with E-state index in [-0.39, 0.29) is 11.9 Å². The molecule has 1 aromatic heterocycles. The van der Waals surface area contributed by atoms with Crippen LogP contribution in [0, 0.1) is 18.8 Å². The van der Waals surface area contributed by atoms with Gasteiger partial charge in [-0.1, -0.05) is 19.0 Å². The van der Waals surface area contributed by atoms with Gasteiger partial charge in [0.25, 0.3) is 0 Å². The number of hydrogen-bond acceptors (Lipinski definition) is 4. The van der Waals surface area contributed by atoms with Crippen LogP contribution in [0.2, 0.25) is 0 Å². The number of rotatable bonds is 3. The van der Waals surface area contributed by atoms with Crippen LogP contribution in [0.15, 0.2) is 4.52 Å². The lowest BCUT2D eigenvalue weighted by Gasteiger charge is -2.17. The van der Waals surface area contributed by atoms with Gasteiger partial charge in [0.2, 0.25) is 5.89 Å². The summed E-state index contributed by atoms with van der Waals surface area (Å²) < 4.78 is 5.20. The van der Waals surface area contributed by atoms with Crippen molar-refractivity contribution in [1.29, 1.82) is 0 Å². The number of carbonyl (C=O) groups excluding carboxylic acids is 1. The van der Waals surface area contributed by atoms with E-state index >= 15 is 0 Å². The zero-order chi connectivity index (χ0) is 14.3. The van der Waals surface area contributed by atoms with E-state index in [0.717, 1.165) is 19.4 Å². The molecule has 3 rings (SSSR count). The summed E-state index contributed by atoms with van der Waals surface area (Å²) in [5.41, 5.74) is 0. The number of urea groups is 1. The zero-order valence-corrected chi connectivity index (χ0v) is 12.3. The second-order valence-electron chi connectivity index (χ2n) is 6.31. The minimum atomic E-state index is 0.0527. The average molecular weight is 278 g/mol. The van der Waals surface area contributed by atoms with Crippen LogP contribution in [0.5, 0.6) is 0 Å². The molecule has 1 saturated heterocycles. The van der Waals surface area contributed by atoms with Crippen LogP contribution in [-0.4, -0.2) is 40.2 Å². The van der Waals surface area contributed by atoms with Crippen molar-refractivity contribution in [1.82, 2.24) is 20.4 Å². The van der Waals surface area contributed by atoms with Gasteiger partial charge in [-0.3, -0.25) is 0 Å². The van der Waals surface area contributed by atoms with Crippen LogP contribution >= 0.6 is 0 Å². The highest BCUT2D eigenvalue weighted by Gasteiger charge is 2.41. The van der Waals surface area contributed by atoms with Crippen LogP contribution < -0.4 is 5.32 Å². The molecule has 2 aliphatic rings. The maximum atomic E-state index is 12.2. The first-order valence-electron chi connectivity index (χ1n) is 7.40. The van der Waals surface area contributed by atoms with Crippen molar-refractivity contribution in [2.75, 3.05) is 13.1 Å². The SMILES string of the molecule is Cc1noc(C2CCN(C(=O)N[C@@H]3C[C@H]3C(C)C)C2)n1. The summed E-state index contributed by atoms with van der Waals surface area (Å²) in [7, 11) is 0. The zero-order valence-electron chi connectivity index (χ0n) is 12.3. The largest absolute Gasteiger partial charge is 0.339 e. The number of hydrogen-bond donors (Lipinski definition) is 1. The van der Waals surface area contributed by atoms with Gasteiger partial charge < -0.3 is 14.7 Å². The second kappa shape index (κ2) is 5.07. The molecule has 2 fully saturated rings. The minimum absolute atomic E-state index is 0.0527. The molecule has 1 aromatic rings. The Balaban J connectivity index is 1.51. The van der Waals surface area contributed by atoms with Crippen molar-refractivity contribution in [3.05, 3.63) is 11.7 Å². The molecule has 2 amide bonds. The Morgan fingerprint density at radius 3 is 2.90 bits per heavy atom. The van der Waals surface area contributed by atoms with Crippen molar-refractivity contribution < 1.29 is 9.32 Å². The van der Waals surface area contributed by atoms with E-state index in [4.69, 9.17) is 4.52 Å². The minimum Gasteiger partial charge on any atom is -0.339 e.